The molecule has 0 saturated carbocycles. The third-order valence-electron chi connectivity index (χ3n) is 5.41. The normalized spacial score (nSPS) is 18.5. The highest BCUT2D eigenvalue weighted by molar-refractivity contribution is 5.68. The molecule has 3 heterocycles. The molecule has 2 fully saturated rings. The molecule has 0 bridgehead atoms. The number of nitrogen functional groups attached to an aromatic ring is 1. The SMILES string of the molecule is Nc1ncc(-c2ccc(N3CCOCC3)cc2)nc1N1CCN(CCO)CC1. The first-order valence-corrected chi connectivity index (χ1v) is 9.88. The van der Waals surface area contributed by atoms with Crippen LogP contribution in [-0.4, -0.2) is 85.6 Å². The Balaban J connectivity index is 1.49. The molecule has 0 atom stereocenters. The van der Waals surface area contributed by atoms with Gasteiger partial charge in [0.2, 0.25) is 0 Å². The number of aliphatic hydroxyl groups is 1. The number of rotatable bonds is 5. The first-order chi connectivity index (χ1) is 13.7. The number of hydrogen-bond donors (Lipinski definition) is 2. The van der Waals surface area contributed by atoms with Crippen molar-refractivity contribution in [2.45, 2.75) is 0 Å². The summed E-state index contributed by atoms with van der Waals surface area (Å²) in [6.07, 6.45) is 1.74. The van der Waals surface area contributed by atoms with Gasteiger partial charge in [-0.3, -0.25) is 4.90 Å². The number of anilines is 3. The predicted octanol–water partition coefficient (Wildman–Crippen LogP) is 0.677. The van der Waals surface area contributed by atoms with Crippen LogP contribution < -0.4 is 15.5 Å². The van der Waals surface area contributed by atoms with Crippen molar-refractivity contribution < 1.29 is 9.84 Å². The van der Waals surface area contributed by atoms with E-state index in [0.29, 0.717) is 12.4 Å². The average Bonchev–Trinajstić information content (AvgIpc) is 2.76. The smallest absolute Gasteiger partial charge is 0.172 e. The fourth-order valence-electron chi connectivity index (χ4n) is 3.75. The van der Waals surface area contributed by atoms with Gasteiger partial charge in [0.25, 0.3) is 0 Å². The zero-order valence-corrected chi connectivity index (χ0v) is 16.1. The summed E-state index contributed by atoms with van der Waals surface area (Å²) in [5.74, 6) is 1.21. The van der Waals surface area contributed by atoms with Gasteiger partial charge in [0, 0.05) is 57.1 Å². The average molecular weight is 384 g/mol. The molecule has 2 aliphatic heterocycles. The molecule has 2 aromatic rings. The Labute approximate surface area is 165 Å². The maximum Gasteiger partial charge on any atom is 0.172 e. The Kier molecular flexibility index (Phi) is 5.90. The van der Waals surface area contributed by atoms with E-state index < -0.39 is 0 Å². The molecule has 0 unspecified atom stereocenters. The lowest BCUT2D eigenvalue weighted by atomic mass is 10.1. The largest absolute Gasteiger partial charge is 0.395 e. The Morgan fingerprint density at radius 3 is 2.36 bits per heavy atom. The van der Waals surface area contributed by atoms with E-state index in [9.17, 15) is 0 Å². The van der Waals surface area contributed by atoms with E-state index >= 15 is 0 Å². The molecular weight excluding hydrogens is 356 g/mol. The fourth-order valence-corrected chi connectivity index (χ4v) is 3.75. The molecule has 2 aliphatic rings. The minimum atomic E-state index is 0.192. The number of aromatic nitrogens is 2. The zero-order chi connectivity index (χ0) is 19.3. The van der Waals surface area contributed by atoms with Crippen LogP contribution in [0.3, 0.4) is 0 Å². The molecule has 1 aromatic carbocycles. The number of β-amino-alcohol motifs (C(OH)–C–C–N with tert-alkyl or cyclic N) is 1. The van der Waals surface area contributed by atoms with Crippen LogP contribution >= 0.6 is 0 Å². The van der Waals surface area contributed by atoms with Crippen molar-refractivity contribution in [3.05, 3.63) is 30.5 Å². The van der Waals surface area contributed by atoms with Gasteiger partial charge in [0.15, 0.2) is 11.6 Å². The molecule has 0 aliphatic carbocycles. The molecule has 0 radical (unpaired) electrons. The monoisotopic (exact) mass is 384 g/mol. The van der Waals surface area contributed by atoms with Crippen LogP contribution in [0.1, 0.15) is 0 Å². The molecular formula is C20H28N6O2. The number of morpholine rings is 1. The van der Waals surface area contributed by atoms with Crippen molar-refractivity contribution in [2.24, 2.45) is 0 Å². The van der Waals surface area contributed by atoms with E-state index in [1.54, 1.807) is 6.20 Å². The van der Waals surface area contributed by atoms with Crippen molar-refractivity contribution in [3.8, 4) is 11.3 Å². The fraction of sp³-hybridized carbons (Fsp3) is 0.500. The highest BCUT2D eigenvalue weighted by Crippen LogP contribution is 2.26. The first-order valence-electron chi connectivity index (χ1n) is 9.88. The van der Waals surface area contributed by atoms with E-state index in [4.69, 9.17) is 20.6 Å². The van der Waals surface area contributed by atoms with Crippen LogP contribution in [0.4, 0.5) is 17.3 Å². The van der Waals surface area contributed by atoms with E-state index in [1.165, 1.54) is 5.69 Å². The van der Waals surface area contributed by atoms with E-state index in [1.807, 2.05) is 0 Å². The van der Waals surface area contributed by atoms with Crippen molar-refractivity contribution in [3.63, 3.8) is 0 Å². The summed E-state index contributed by atoms with van der Waals surface area (Å²) in [4.78, 5) is 16.0. The Bertz CT molecular complexity index is 771. The highest BCUT2D eigenvalue weighted by atomic mass is 16.5. The highest BCUT2D eigenvalue weighted by Gasteiger charge is 2.20. The van der Waals surface area contributed by atoms with Gasteiger partial charge in [-0.25, -0.2) is 9.97 Å². The summed E-state index contributed by atoms with van der Waals surface area (Å²) in [5, 5.41) is 9.10. The summed E-state index contributed by atoms with van der Waals surface area (Å²) >= 11 is 0. The van der Waals surface area contributed by atoms with Gasteiger partial charge < -0.3 is 25.4 Å². The molecule has 8 heteroatoms. The summed E-state index contributed by atoms with van der Waals surface area (Å²) in [6.45, 7) is 7.75. The second kappa shape index (κ2) is 8.72. The van der Waals surface area contributed by atoms with Gasteiger partial charge in [-0.15, -0.1) is 0 Å². The number of ether oxygens (including phenoxy) is 1. The molecule has 28 heavy (non-hydrogen) atoms. The topological polar surface area (TPSA) is 91.0 Å². The van der Waals surface area contributed by atoms with Crippen molar-refractivity contribution >= 4 is 17.3 Å². The van der Waals surface area contributed by atoms with Crippen molar-refractivity contribution in [2.75, 3.05) is 81.2 Å². The molecule has 8 nitrogen and oxygen atoms in total. The first kappa shape index (κ1) is 18.9. The van der Waals surface area contributed by atoms with Crippen LogP contribution in [0, 0.1) is 0 Å². The maximum absolute atomic E-state index is 9.10. The maximum atomic E-state index is 9.10. The van der Waals surface area contributed by atoms with Crippen LogP contribution in [0.5, 0.6) is 0 Å². The third-order valence-corrected chi connectivity index (χ3v) is 5.41. The second-order valence-electron chi connectivity index (χ2n) is 7.16. The minimum absolute atomic E-state index is 0.192. The summed E-state index contributed by atoms with van der Waals surface area (Å²) in [7, 11) is 0. The van der Waals surface area contributed by atoms with Gasteiger partial charge >= 0.3 is 0 Å². The van der Waals surface area contributed by atoms with E-state index in [-0.39, 0.29) is 6.61 Å². The van der Waals surface area contributed by atoms with Gasteiger partial charge in [-0.1, -0.05) is 12.1 Å². The lowest BCUT2D eigenvalue weighted by Gasteiger charge is -2.35. The van der Waals surface area contributed by atoms with Gasteiger partial charge in [0.1, 0.15) is 0 Å². The zero-order valence-electron chi connectivity index (χ0n) is 16.1. The van der Waals surface area contributed by atoms with Gasteiger partial charge in [-0.05, 0) is 12.1 Å². The van der Waals surface area contributed by atoms with Crippen LogP contribution in [-0.2, 0) is 4.74 Å². The van der Waals surface area contributed by atoms with Crippen molar-refractivity contribution in [1.82, 2.24) is 14.9 Å². The molecule has 150 valence electrons. The number of nitrogens with zero attached hydrogens (tertiary/aromatic N) is 5. The second-order valence-corrected chi connectivity index (χ2v) is 7.16. The van der Waals surface area contributed by atoms with E-state index in [0.717, 1.165) is 69.6 Å². The molecule has 3 N–H and O–H groups in total. The summed E-state index contributed by atoms with van der Waals surface area (Å²) in [6, 6.07) is 8.44. The lowest BCUT2D eigenvalue weighted by molar-refractivity contribution is 0.122. The summed E-state index contributed by atoms with van der Waals surface area (Å²) < 4.78 is 5.42. The quantitative estimate of drug-likeness (QED) is 0.778. The number of piperazine rings is 1. The van der Waals surface area contributed by atoms with E-state index in [2.05, 4.69) is 43.9 Å². The standard InChI is InChI=1S/C20H28N6O2/c21-19-20(26-7-5-24(6-8-26)9-12-27)23-18(15-22-19)16-1-3-17(4-2-16)25-10-13-28-14-11-25/h1-4,15,27H,5-14H2,(H2,21,22). The Morgan fingerprint density at radius 1 is 0.964 bits per heavy atom. The molecule has 0 spiro atoms. The Morgan fingerprint density at radius 2 is 1.68 bits per heavy atom. The van der Waals surface area contributed by atoms with Gasteiger partial charge in [0.05, 0.1) is 31.7 Å². The van der Waals surface area contributed by atoms with Crippen LogP contribution in [0.15, 0.2) is 30.5 Å². The van der Waals surface area contributed by atoms with Crippen LogP contribution in [0.2, 0.25) is 0 Å². The third kappa shape index (κ3) is 4.19. The molecule has 0 amide bonds. The number of hydrogen-bond acceptors (Lipinski definition) is 8. The van der Waals surface area contributed by atoms with Crippen LogP contribution in [0.25, 0.3) is 11.3 Å². The number of benzene rings is 1. The minimum Gasteiger partial charge on any atom is -0.395 e. The summed E-state index contributed by atoms with van der Waals surface area (Å²) in [5.41, 5.74) is 9.19. The molecule has 2 saturated heterocycles. The van der Waals surface area contributed by atoms with Gasteiger partial charge in [-0.2, -0.15) is 0 Å². The predicted molar refractivity (Wildman–Crippen MR) is 111 cm³/mol. The lowest BCUT2D eigenvalue weighted by Crippen LogP contribution is -2.47. The Hall–Kier alpha value is -2.42. The number of nitrogens with two attached hydrogens (primary N) is 1. The van der Waals surface area contributed by atoms with Crippen molar-refractivity contribution in [1.29, 1.82) is 0 Å². The molecule has 4 rings (SSSR count). The molecule has 1 aromatic heterocycles. The number of aliphatic hydroxyl groups excluding tert-OH is 1.